The average Bonchev–Trinajstić information content (AvgIpc) is 2.85. The molecule has 2 heterocycles. The SMILES string of the molecule is CCCNC1CCN(Cc2cnn(CC)c2)CC1C. The molecule has 1 fully saturated rings. The number of hydrogen-bond acceptors (Lipinski definition) is 3. The van der Waals surface area contributed by atoms with Crippen molar-refractivity contribution in [2.75, 3.05) is 19.6 Å². The quantitative estimate of drug-likeness (QED) is 0.854. The van der Waals surface area contributed by atoms with E-state index >= 15 is 0 Å². The fraction of sp³-hybridized carbons (Fsp3) is 0.800. The number of aromatic nitrogens is 2. The number of rotatable bonds is 6. The summed E-state index contributed by atoms with van der Waals surface area (Å²) < 4.78 is 2.01. The molecule has 0 radical (unpaired) electrons. The molecule has 0 saturated carbocycles. The Kier molecular flexibility index (Phi) is 5.40. The van der Waals surface area contributed by atoms with Gasteiger partial charge in [0.05, 0.1) is 6.20 Å². The zero-order chi connectivity index (χ0) is 13.7. The zero-order valence-electron chi connectivity index (χ0n) is 12.6. The van der Waals surface area contributed by atoms with Crippen molar-refractivity contribution in [1.82, 2.24) is 20.0 Å². The van der Waals surface area contributed by atoms with Crippen molar-refractivity contribution in [2.45, 2.75) is 52.7 Å². The molecule has 19 heavy (non-hydrogen) atoms. The van der Waals surface area contributed by atoms with E-state index in [4.69, 9.17) is 0 Å². The minimum atomic E-state index is 0.703. The van der Waals surface area contributed by atoms with Crippen molar-refractivity contribution in [1.29, 1.82) is 0 Å². The first-order chi connectivity index (χ1) is 9.22. The average molecular weight is 264 g/mol. The third-order valence-electron chi connectivity index (χ3n) is 4.06. The Hall–Kier alpha value is -0.870. The van der Waals surface area contributed by atoms with Gasteiger partial charge in [-0.05, 0) is 38.8 Å². The molecule has 0 aliphatic carbocycles. The Bertz CT molecular complexity index is 374. The Labute approximate surface area is 117 Å². The Morgan fingerprint density at radius 3 is 2.89 bits per heavy atom. The second kappa shape index (κ2) is 7.06. The Morgan fingerprint density at radius 2 is 2.26 bits per heavy atom. The summed E-state index contributed by atoms with van der Waals surface area (Å²) in [6.07, 6.45) is 6.67. The highest BCUT2D eigenvalue weighted by Gasteiger charge is 2.25. The Balaban J connectivity index is 1.81. The lowest BCUT2D eigenvalue weighted by Crippen LogP contribution is -2.48. The first kappa shape index (κ1) is 14.5. The van der Waals surface area contributed by atoms with Gasteiger partial charge < -0.3 is 5.32 Å². The fourth-order valence-electron chi connectivity index (χ4n) is 2.93. The van der Waals surface area contributed by atoms with Crippen LogP contribution in [0.15, 0.2) is 12.4 Å². The predicted octanol–water partition coefficient (Wildman–Crippen LogP) is 2.11. The number of nitrogens with one attached hydrogen (secondary N) is 1. The molecule has 0 amide bonds. The van der Waals surface area contributed by atoms with Crippen LogP contribution in [0.2, 0.25) is 0 Å². The van der Waals surface area contributed by atoms with Gasteiger partial charge in [-0.25, -0.2) is 0 Å². The van der Waals surface area contributed by atoms with Crippen LogP contribution in [0.3, 0.4) is 0 Å². The van der Waals surface area contributed by atoms with E-state index in [1.54, 1.807) is 0 Å². The molecular formula is C15H28N4. The number of likely N-dealkylation sites (tertiary alicyclic amines) is 1. The summed E-state index contributed by atoms with van der Waals surface area (Å²) in [7, 11) is 0. The molecular weight excluding hydrogens is 236 g/mol. The van der Waals surface area contributed by atoms with Gasteiger partial charge in [-0.3, -0.25) is 9.58 Å². The molecule has 1 aliphatic heterocycles. The van der Waals surface area contributed by atoms with E-state index in [2.05, 4.69) is 42.3 Å². The molecule has 1 saturated heterocycles. The van der Waals surface area contributed by atoms with E-state index in [0.717, 1.165) is 25.6 Å². The first-order valence-electron chi connectivity index (χ1n) is 7.70. The highest BCUT2D eigenvalue weighted by Crippen LogP contribution is 2.18. The van der Waals surface area contributed by atoms with E-state index in [1.807, 2.05) is 10.9 Å². The van der Waals surface area contributed by atoms with Crippen LogP contribution in [0.25, 0.3) is 0 Å². The third kappa shape index (κ3) is 4.05. The lowest BCUT2D eigenvalue weighted by atomic mass is 9.93. The molecule has 4 heteroatoms. The molecule has 108 valence electrons. The molecule has 1 N–H and O–H groups in total. The lowest BCUT2D eigenvalue weighted by molar-refractivity contribution is 0.141. The fourth-order valence-corrected chi connectivity index (χ4v) is 2.93. The first-order valence-corrected chi connectivity index (χ1v) is 7.70. The van der Waals surface area contributed by atoms with E-state index in [1.165, 1.54) is 31.5 Å². The van der Waals surface area contributed by atoms with E-state index < -0.39 is 0 Å². The standard InChI is InChI=1S/C15H28N4/c1-4-7-16-15-6-8-18(10-13(15)3)11-14-9-17-19(5-2)12-14/h9,12-13,15-16H,4-8,10-11H2,1-3H3. The largest absolute Gasteiger partial charge is 0.314 e. The maximum atomic E-state index is 4.35. The molecule has 0 bridgehead atoms. The van der Waals surface area contributed by atoms with E-state index in [0.29, 0.717) is 6.04 Å². The van der Waals surface area contributed by atoms with Crippen molar-refractivity contribution in [2.24, 2.45) is 5.92 Å². The number of hydrogen-bond donors (Lipinski definition) is 1. The summed E-state index contributed by atoms with van der Waals surface area (Å²) in [5.41, 5.74) is 1.34. The van der Waals surface area contributed by atoms with Crippen LogP contribution in [0, 0.1) is 5.92 Å². The van der Waals surface area contributed by atoms with Gasteiger partial charge in [-0.1, -0.05) is 13.8 Å². The van der Waals surface area contributed by atoms with Crippen LogP contribution in [-0.2, 0) is 13.1 Å². The minimum Gasteiger partial charge on any atom is -0.314 e. The molecule has 1 aliphatic rings. The minimum absolute atomic E-state index is 0.703. The lowest BCUT2D eigenvalue weighted by Gasteiger charge is -2.37. The molecule has 1 aromatic heterocycles. The summed E-state index contributed by atoms with van der Waals surface area (Å²) >= 11 is 0. The van der Waals surface area contributed by atoms with Crippen LogP contribution in [0.4, 0.5) is 0 Å². The molecule has 2 unspecified atom stereocenters. The smallest absolute Gasteiger partial charge is 0.0534 e. The summed E-state index contributed by atoms with van der Waals surface area (Å²) in [4.78, 5) is 2.56. The topological polar surface area (TPSA) is 33.1 Å². The van der Waals surface area contributed by atoms with Crippen LogP contribution in [-0.4, -0.2) is 40.4 Å². The normalized spacial score (nSPS) is 24.8. The van der Waals surface area contributed by atoms with Crippen molar-refractivity contribution < 1.29 is 0 Å². The molecule has 1 aromatic rings. The van der Waals surface area contributed by atoms with Gasteiger partial charge >= 0.3 is 0 Å². The summed E-state index contributed by atoms with van der Waals surface area (Å²) in [5.74, 6) is 0.738. The second-order valence-electron chi connectivity index (χ2n) is 5.77. The molecule has 0 spiro atoms. The molecule has 2 atom stereocenters. The van der Waals surface area contributed by atoms with E-state index in [-0.39, 0.29) is 0 Å². The Morgan fingerprint density at radius 1 is 1.42 bits per heavy atom. The van der Waals surface area contributed by atoms with E-state index in [9.17, 15) is 0 Å². The van der Waals surface area contributed by atoms with Crippen molar-refractivity contribution >= 4 is 0 Å². The maximum Gasteiger partial charge on any atom is 0.0534 e. The zero-order valence-corrected chi connectivity index (χ0v) is 12.6. The van der Waals surface area contributed by atoms with Gasteiger partial charge in [0.25, 0.3) is 0 Å². The summed E-state index contributed by atoms with van der Waals surface area (Å²) in [6.45, 7) is 12.3. The highest BCUT2D eigenvalue weighted by molar-refractivity contribution is 5.04. The number of piperidine rings is 1. The van der Waals surface area contributed by atoms with Crippen molar-refractivity contribution in [3.63, 3.8) is 0 Å². The van der Waals surface area contributed by atoms with Crippen LogP contribution < -0.4 is 5.32 Å². The third-order valence-corrected chi connectivity index (χ3v) is 4.06. The molecule has 0 aromatic carbocycles. The summed E-state index contributed by atoms with van der Waals surface area (Å²) in [6, 6.07) is 0.703. The highest BCUT2D eigenvalue weighted by atomic mass is 15.3. The van der Waals surface area contributed by atoms with Gasteiger partial charge in [-0.15, -0.1) is 0 Å². The number of nitrogens with zero attached hydrogens (tertiary/aromatic N) is 3. The van der Waals surface area contributed by atoms with Gasteiger partial charge in [0, 0.05) is 37.4 Å². The van der Waals surface area contributed by atoms with Crippen molar-refractivity contribution in [3.05, 3.63) is 18.0 Å². The van der Waals surface area contributed by atoms with Crippen molar-refractivity contribution in [3.8, 4) is 0 Å². The molecule has 4 nitrogen and oxygen atoms in total. The molecule has 2 rings (SSSR count). The monoisotopic (exact) mass is 264 g/mol. The number of aryl methyl sites for hydroxylation is 1. The van der Waals surface area contributed by atoms with Gasteiger partial charge in [0.1, 0.15) is 0 Å². The predicted molar refractivity (Wildman–Crippen MR) is 79.0 cm³/mol. The second-order valence-corrected chi connectivity index (χ2v) is 5.77. The van der Waals surface area contributed by atoms with Crippen LogP contribution in [0.1, 0.15) is 39.2 Å². The van der Waals surface area contributed by atoms with Gasteiger partial charge in [0.2, 0.25) is 0 Å². The maximum absolute atomic E-state index is 4.35. The van der Waals surface area contributed by atoms with Gasteiger partial charge in [0.15, 0.2) is 0 Å². The van der Waals surface area contributed by atoms with Crippen LogP contribution in [0.5, 0.6) is 0 Å². The van der Waals surface area contributed by atoms with Gasteiger partial charge in [-0.2, -0.15) is 5.10 Å². The summed E-state index contributed by atoms with van der Waals surface area (Å²) in [5, 5.41) is 8.03. The van der Waals surface area contributed by atoms with Crippen LogP contribution >= 0.6 is 0 Å².